The van der Waals surface area contributed by atoms with Gasteiger partial charge in [-0.3, -0.25) is 14.9 Å². The first kappa shape index (κ1) is 21.4. The van der Waals surface area contributed by atoms with Gasteiger partial charge in [0, 0.05) is 24.7 Å². The Morgan fingerprint density at radius 2 is 1.88 bits per heavy atom. The summed E-state index contributed by atoms with van der Waals surface area (Å²) in [5.74, 6) is 0.320. The Balaban J connectivity index is 1.51. The zero-order chi connectivity index (χ0) is 22.7. The third kappa shape index (κ3) is 4.59. The van der Waals surface area contributed by atoms with Crippen LogP contribution in [0.5, 0.6) is 0 Å². The summed E-state index contributed by atoms with van der Waals surface area (Å²) in [5.41, 5.74) is 4.89. The van der Waals surface area contributed by atoms with Crippen LogP contribution >= 0.6 is 0 Å². The predicted molar refractivity (Wildman–Crippen MR) is 123 cm³/mol. The lowest BCUT2D eigenvalue weighted by atomic mass is 9.95. The van der Waals surface area contributed by atoms with E-state index in [0.717, 1.165) is 24.0 Å². The molecule has 8 nitrogen and oxygen atoms in total. The average molecular weight is 431 g/mol. The summed E-state index contributed by atoms with van der Waals surface area (Å²) in [4.78, 5) is 33.6. The van der Waals surface area contributed by atoms with Crippen LogP contribution in [0.2, 0.25) is 0 Å². The Hall–Kier alpha value is -3.81. The van der Waals surface area contributed by atoms with Crippen LogP contribution in [0.1, 0.15) is 34.3 Å². The Morgan fingerprint density at radius 1 is 1.12 bits per heavy atom. The summed E-state index contributed by atoms with van der Waals surface area (Å²) < 4.78 is 0. The lowest BCUT2D eigenvalue weighted by Gasteiger charge is -2.33. The number of amides is 1. The van der Waals surface area contributed by atoms with E-state index in [9.17, 15) is 14.9 Å². The molecule has 4 rings (SSSR count). The molecule has 32 heavy (non-hydrogen) atoms. The molecule has 2 aromatic carbocycles. The molecule has 1 aromatic heterocycles. The lowest BCUT2D eigenvalue weighted by Crippen LogP contribution is -2.45. The molecule has 1 atom stereocenters. The minimum Gasteiger partial charge on any atom is -0.350 e. The number of carbonyl (C=O) groups is 1. The SMILES string of the molecule is Cc1ccc(-c2ccccc2C(=O)N2CCC[C@@H](Nc3ncc([N+](=O)[O-])cn3)C2)cc1C. The Morgan fingerprint density at radius 3 is 2.59 bits per heavy atom. The van der Waals surface area contributed by atoms with E-state index in [1.165, 1.54) is 23.5 Å². The van der Waals surface area contributed by atoms with Gasteiger partial charge in [0.2, 0.25) is 5.95 Å². The molecule has 3 aromatic rings. The number of likely N-dealkylation sites (tertiary alicyclic amines) is 1. The molecule has 164 valence electrons. The van der Waals surface area contributed by atoms with Crippen molar-refractivity contribution in [1.29, 1.82) is 0 Å². The second kappa shape index (κ2) is 9.13. The summed E-state index contributed by atoms with van der Waals surface area (Å²) in [6.45, 7) is 5.34. The Bertz CT molecular complexity index is 1150. The van der Waals surface area contributed by atoms with Crippen molar-refractivity contribution >= 4 is 17.5 Å². The van der Waals surface area contributed by atoms with Crippen LogP contribution in [0.15, 0.2) is 54.9 Å². The van der Waals surface area contributed by atoms with Gasteiger partial charge in [-0.05, 0) is 55.0 Å². The van der Waals surface area contributed by atoms with Crippen LogP contribution in [0.4, 0.5) is 11.6 Å². The second-order valence-corrected chi connectivity index (χ2v) is 8.10. The van der Waals surface area contributed by atoms with Crippen molar-refractivity contribution in [2.24, 2.45) is 0 Å². The second-order valence-electron chi connectivity index (χ2n) is 8.10. The number of hydrogen-bond donors (Lipinski definition) is 1. The van der Waals surface area contributed by atoms with Gasteiger partial charge in [0.25, 0.3) is 5.91 Å². The number of aryl methyl sites for hydroxylation is 2. The van der Waals surface area contributed by atoms with Crippen LogP contribution in [0, 0.1) is 24.0 Å². The molecule has 1 aliphatic heterocycles. The largest absolute Gasteiger partial charge is 0.350 e. The fraction of sp³-hybridized carbons (Fsp3) is 0.292. The third-order valence-corrected chi connectivity index (χ3v) is 5.87. The Labute approximate surface area is 186 Å². The molecular formula is C24H25N5O3. The molecule has 1 saturated heterocycles. The van der Waals surface area contributed by atoms with Gasteiger partial charge in [0.1, 0.15) is 12.4 Å². The fourth-order valence-corrected chi connectivity index (χ4v) is 3.95. The number of aromatic nitrogens is 2. The minimum absolute atomic E-state index is 0.00468. The molecule has 1 aliphatic rings. The molecule has 0 unspecified atom stereocenters. The quantitative estimate of drug-likeness (QED) is 0.475. The molecule has 8 heteroatoms. The summed E-state index contributed by atoms with van der Waals surface area (Å²) in [6.07, 6.45) is 4.08. The smallest absolute Gasteiger partial charge is 0.305 e. The highest BCUT2D eigenvalue weighted by atomic mass is 16.6. The van der Waals surface area contributed by atoms with E-state index in [1.807, 2.05) is 29.2 Å². The molecule has 2 heterocycles. The van der Waals surface area contributed by atoms with Crippen molar-refractivity contribution in [3.63, 3.8) is 0 Å². The van der Waals surface area contributed by atoms with Gasteiger partial charge in [0.05, 0.1) is 4.92 Å². The molecule has 1 amide bonds. The molecule has 1 fully saturated rings. The number of carbonyl (C=O) groups excluding carboxylic acids is 1. The number of nitrogens with zero attached hydrogens (tertiary/aromatic N) is 4. The third-order valence-electron chi connectivity index (χ3n) is 5.87. The van der Waals surface area contributed by atoms with Crippen molar-refractivity contribution in [2.45, 2.75) is 32.7 Å². The molecular weight excluding hydrogens is 406 g/mol. The average Bonchev–Trinajstić information content (AvgIpc) is 2.81. The van der Waals surface area contributed by atoms with Crippen LogP contribution in [0.25, 0.3) is 11.1 Å². The van der Waals surface area contributed by atoms with E-state index in [1.54, 1.807) is 0 Å². The van der Waals surface area contributed by atoms with Crippen molar-refractivity contribution in [2.75, 3.05) is 18.4 Å². The summed E-state index contributed by atoms with van der Waals surface area (Å²) >= 11 is 0. The topological polar surface area (TPSA) is 101 Å². The summed E-state index contributed by atoms with van der Waals surface area (Å²) in [7, 11) is 0. The Kier molecular flexibility index (Phi) is 6.11. The standard InChI is InChI=1S/C24H25N5O3/c1-16-9-10-18(12-17(16)2)21-7-3-4-8-22(21)23(30)28-11-5-6-19(15-28)27-24-25-13-20(14-26-24)29(31)32/h3-4,7-10,12-14,19H,5-6,11,15H2,1-2H3,(H,25,26,27)/t19-/m1/s1. The van der Waals surface area contributed by atoms with E-state index in [4.69, 9.17) is 0 Å². The van der Waals surface area contributed by atoms with Crippen LogP contribution in [-0.2, 0) is 0 Å². The lowest BCUT2D eigenvalue weighted by molar-refractivity contribution is -0.385. The first-order chi connectivity index (χ1) is 15.4. The fourth-order valence-electron chi connectivity index (χ4n) is 3.95. The van der Waals surface area contributed by atoms with Crippen molar-refractivity contribution in [3.8, 4) is 11.1 Å². The van der Waals surface area contributed by atoms with Gasteiger partial charge in [-0.15, -0.1) is 0 Å². The van der Waals surface area contributed by atoms with Gasteiger partial charge in [-0.1, -0.05) is 36.4 Å². The van der Waals surface area contributed by atoms with Crippen molar-refractivity contribution in [3.05, 3.63) is 81.7 Å². The summed E-state index contributed by atoms with van der Waals surface area (Å²) in [6, 6.07) is 13.9. The zero-order valence-electron chi connectivity index (χ0n) is 18.1. The number of rotatable bonds is 5. The molecule has 0 aliphatic carbocycles. The zero-order valence-corrected chi connectivity index (χ0v) is 18.1. The van der Waals surface area contributed by atoms with Crippen LogP contribution < -0.4 is 5.32 Å². The van der Waals surface area contributed by atoms with E-state index >= 15 is 0 Å². The maximum Gasteiger partial charge on any atom is 0.305 e. The first-order valence-electron chi connectivity index (χ1n) is 10.6. The molecule has 0 saturated carbocycles. The predicted octanol–water partition coefficient (Wildman–Crippen LogP) is 4.39. The van der Waals surface area contributed by atoms with Crippen molar-refractivity contribution in [1.82, 2.24) is 14.9 Å². The molecule has 0 radical (unpaired) electrons. The number of anilines is 1. The molecule has 0 spiro atoms. The minimum atomic E-state index is -0.530. The number of nitrogens with one attached hydrogen (secondary N) is 1. The monoisotopic (exact) mass is 431 g/mol. The number of hydrogen-bond acceptors (Lipinski definition) is 6. The highest BCUT2D eigenvalue weighted by Crippen LogP contribution is 2.28. The number of piperidine rings is 1. The molecule has 1 N–H and O–H groups in total. The van der Waals surface area contributed by atoms with Gasteiger partial charge >= 0.3 is 5.69 Å². The van der Waals surface area contributed by atoms with Crippen LogP contribution in [-0.4, -0.2) is 44.8 Å². The molecule has 0 bridgehead atoms. The first-order valence-corrected chi connectivity index (χ1v) is 10.6. The number of nitro groups is 1. The van der Waals surface area contributed by atoms with Crippen molar-refractivity contribution < 1.29 is 9.72 Å². The highest BCUT2D eigenvalue weighted by molar-refractivity contribution is 6.01. The van der Waals surface area contributed by atoms with E-state index in [0.29, 0.717) is 24.6 Å². The van der Waals surface area contributed by atoms with Gasteiger partial charge in [-0.25, -0.2) is 9.97 Å². The highest BCUT2D eigenvalue weighted by Gasteiger charge is 2.26. The maximum atomic E-state index is 13.5. The normalized spacial score (nSPS) is 15.9. The van der Waals surface area contributed by atoms with Gasteiger partial charge < -0.3 is 10.2 Å². The number of benzene rings is 2. The maximum absolute atomic E-state index is 13.5. The summed E-state index contributed by atoms with van der Waals surface area (Å²) in [5, 5.41) is 14.0. The van der Waals surface area contributed by atoms with E-state index < -0.39 is 4.92 Å². The van der Waals surface area contributed by atoms with E-state index in [2.05, 4.69) is 47.3 Å². The van der Waals surface area contributed by atoms with Crippen LogP contribution in [0.3, 0.4) is 0 Å². The van der Waals surface area contributed by atoms with Gasteiger partial charge in [0.15, 0.2) is 0 Å². The van der Waals surface area contributed by atoms with E-state index in [-0.39, 0.29) is 17.6 Å². The van der Waals surface area contributed by atoms with Gasteiger partial charge in [-0.2, -0.15) is 0 Å².